The van der Waals surface area contributed by atoms with E-state index in [1.807, 2.05) is 39.2 Å². The topological polar surface area (TPSA) is 49.9 Å². The van der Waals surface area contributed by atoms with Crippen molar-refractivity contribution < 1.29 is 14.3 Å². The molecule has 7 heteroatoms. The molecule has 0 aromatic heterocycles. The summed E-state index contributed by atoms with van der Waals surface area (Å²) >= 11 is 7.78. The van der Waals surface area contributed by atoms with E-state index in [0.717, 1.165) is 17.9 Å². The van der Waals surface area contributed by atoms with Crippen LogP contribution in [0.2, 0.25) is 5.02 Å². The van der Waals surface area contributed by atoms with Gasteiger partial charge in [-0.25, -0.2) is 4.79 Å². The molecule has 1 saturated heterocycles. The number of thioether (sulfide) groups is 1. The molecule has 1 atom stereocenters. The molecule has 0 N–H and O–H groups in total. The van der Waals surface area contributed by atoms with Crippen molar-refractivity contribution in [2.75, 3.05) is 30.0 Å². The Kier molecular flexibility index (Phi) is 6.63. The fourth-order valence-electron chi connectivity index (χ4n) is 2.70. The molecule has 0 bridgehead atoms. The van der Waals surface area contributed by atoms with Gasteiger partial charge in [-0.15, -0.1) is 0 Å². The number of hydrogen-bond acceptors (Lipinski definition) is 4. The summed E-state index contributed by atoms with van der Waals surface area (Å²) in [5.41, 5.74) is 0.171. The second-order valence-electron chi connectivity index (χ2n) is 7.03. The van der Waals surface area contributed by atoms with Crippen LogP contribution in [0.15, 0.2) is 24.3 Å². The Balaban J connectivity index is 2.20. The summed E-state index contributed by atoms with van der Waals surface area (Å²) in [6.45, 7) is 5.93. The number of piperazine rings is 1. The number of halogens is 1. The highest BCUT2D eigenvalue weighted by Gasteiger charge is 2.37. The van der Waals surface area contributed by atoms with Crippen LogP contribution in [0.25, 0.3) is 0 Å². The quantitative estimate of drug-likeness (QED) is 0.785. The summed E-state index contributed by atoms with van der Waals surface area (Å²) in [6, 6.07) is 7.14. The molecule has 1 fully saturated rings. The van der Waals surface area contributed by atoms with Crippen molar-refractivity contribution in [3.05, 3.63) is 29.3 Å². The molecule has 2 rings (SSSR count). The minimum Gasteiger partial charge on any atom is -0.444 e. The van der Waals surface area contributed by atoms with Crippen molar-refractivity contribution in [2.24, 2.45) is 0 Å². The summed E-state index contributed by atoms with van der Waals surface area (Å²) in [4.78, 5) is 28.4. The first kappa shape index (κ1) is 19.9. The van der Waals surface area contributed by atoms with E-state index in [1.165, 1.54) is 0 Å². The lowest BCUT2D eigenvalue weighted by Crippen LogP contribution is -2.59. The second kappa shape index (κ2) is 8.32. The van der Waals surface area contributed by atoms with Gasteiger partial charge in [-0.1, -0.05) is 17.7 Å². The first-order chi connectivity index (χ1) is 11.7. The van der Waals surface area contributed by atoms with E-state index in [4.69, 9.17) is 16.3 Å². The number of benzene rings is 1. The zero-order valence-electron chi connectivity index (χ0n) is 15.1. The number of rotatable bonds is 4. The van der Waals surface area contributed by atoms with Crippen LogP contribution in [0.5, 0.6) is 0 Å². The van der Waals surface area contributed by atoms with Crippen molar-refractivity contribution in [1.29, 1.82) is 0 Å². The molecule has 1 heterocycles. The second-order valence-corrected chi connectivity index (χ2v) is 8.45. The van der Waals surface area contributed by atoms with Gasteiger partial charge in [0.1, 0.15) is 12.1 Å². The minimum absolute atomic E-state index is 0.0144. The molecule has 1 aromatic carbocycles. The van der Waals surface area contributed by atoms with E-state index in [-0.39, 0.29) is 18.5 Å². The number of anilines is 1. The van der Waals surface area contributed by atoms with Crippen molar-refractivity contribution in [2.45, 2.75) is 38.8 Å². The lowest BCUT2D eigenvalue weighted by atomic mass is 10.1. The van der Waals surface area contributed by atoms with E-state index in [0.29, 0.717) is 11.6 Å². The fourth-order valence-corrected chi connectivity index (χ4v) is 3.39. The number of nitrogens with zero attached hydrogens (tertiary/aromatic N) is 2. The van der Waals surface area contributed by atoms with E-state index in [1.54, 1.807) is 33.7 Å². The van der Waals surface area contributed by atoms with Gasteiger partial charge >= 0.3 is 6.09 Å². The molecule has 0 spiro atoms. The van der Waals surface area contributed by atoms with Crippen molar-refractivity contribution in [3.8, 4) is 0 Å². The molecule has 5 nitrogen and oxygen atoms in total. The highest BCUT2D eigenvalue weighted by atomic mass is 35.5. The van der Waals surface area contributed by atoms with Crippen molar-refractivity contribution >= 4 is 41.1 Å². The zero-order chi connectivity index (χ0) is 18.6. The van der Waals surface area contributed by atoms with Crippen molar-refractivity contribution in [3.63, 3.8) is 0 Å². The molecule has 1 unspecified atom stereocenters. The first-order valence-electron chi connectivity index (χ1n) is 8.26. The van der Waals surface area contributed by atoms with E-state index < -0.39 is 11.7 Å². The van der Waals surface area contributed by atoms with Gasteiger partial charge < -0.3 is 9.64 Å². The van der Waals surface area contributed by atoms with Gasteiger partial charge in [-0.3, -0.25) is 9.69 Å². The van der Waals surface area contributed by atoms with E-state index >= 15 is 0 Å². The zero-order valence-corrected chi connectivity index (χ0v) is 16.7. The summed E-state index contributed by atoms with van der Waals surface area (Å²) in [5.74, 6) is 0.773. The predicted molar refractivity (Wildman–Crippen MR) is 104 cm³/mol. The Morgan fingerprint density at radius 2 is 2.12 bits per heavy atom. The normalized spacial score (nSPS) is 18.4. The van der Waals surface area contributed by atoms with Crippen molar-refractivity contribution in [1.82, 2.24) is 4.90 Å². The van der Waals surface area contributed by atoms with Crippen LogP contribution < -0.4 is 4.90 Å². The first-order valence-corrected chi connectivity index (χ1v) is 10.0. The van der Waals surface area contributed by atoms with Gasteiger partial charge in [0, 0.05) is 17.3 Å². The molecule has 2 amide bonds. The number of ether oxygens (including phenoxy) is 1. The summed E-state index contributed by atoms with van der Waals surface area (Å²) in [7, 11) is 0. The van der Waals surface area contributed by atoms with Gasteiger partial charge in [0.15, 0.2) is 0 Å². The number of amides is 2. The van der Waals surface area contributed by atoms with Gasteiger partial charge in [0.2, 0.25) is 5.91 Å². The van der Waals surface area contributed by atoms with E-state index in [9.17, 15) is 9.59 Å². The molecular weight excluding hydrogens is 360 g/mol. The molecule has 0 radical (unpaired) electrons. The number of hydrogen-bond donors (Lipinski definition) is 0. The van der Waals surface area contributed by atoms with Gasteiger partial charge in [-0.05, 0) is 57.4 Å². The fraction of sp³-hybridized carbons (Fsp3) is 0.556. The Morgan fingerprint density at radius 3 is 2.72 bits per heavy atom. The van der Waals surface area contributed by atoms with Gasteiger partial charge in [0.05, 0.1) is 6.04 Å². The Morgan fingerprint density at radius 1 is 1.40 bits per heavy atom. The number of carbonyl (C=O) groups excluding carboxylic acids is 2. The van der Waals surface area contributed by atoms with Crippen LogP contribution in [-0.2, 0) is 9.53 Å². The Hall–Kier alpha value is -1.40. The molecule has 1 aromatic rings. The standard InChI is InChI=1S/C18H25ClN2O3S/c1-18(2,3)24-17(23)21-12-16(22)20(11-15(21)8-9-25-4)14-7-5-6-13(19)10-14/h5-7,10,15H,8-9,11-12H2,1-4H3. The van der Waals surface area contributed by atoms with Crippen LogP contribution in [0.1, 0.15) is 27.2 Å². The highest BCUT2D eigenvalue weighted by molar-refractivity contribution is 7.98. The third kappa shape index (κ3) is 5.54. The smallest absolute Gasteiger partial charge is 0.411 e. The summed E-state index contributed by atoms with van der Waals surface area (Å²) < 4.78 is 5.48. The van der Waals surface area contributed by atoms with Crippen LogP contribution in [0.4, 0.5) is 10.5 Å². The molecule has 138 valence electrons. The third-order valence-electron chi connectivity index (χ3n) is 3.84. The van der Waals surface area contributed by atoms with Gasteiger partial charge in [0.25, 0.3) is 0 Å². The Bertz CT molecular complexity index is 633. The monoisotopic (exact) mass is 384 g/mol. The third-order valence-corrected chi connectivity index (χ3v) is 4.72. The van der Waals surface area contributed by atoms with Crippen LogP contribution in [0.3, 0.4) is 0 Å². The number of carbonyl (C=O) groups is 2. The summed E-state index contributed by atoms with van der Waals surface area (Å²) in [6.07, 6.45) is 2.39. The molecule has 0 aliphatic carbocycles. The SMILES string of the molecule is CSCCC1CN(c2cccc(Cl)c2)C(=O)CN1C(=O)OC(C)(C)C. The summed E-state index contributed by atoms with van der Waals surface area (Å²) in [5, 5.41) is 0.584. The lowest BCUT2D eigenvalue weighted by Gasteiger charge is -2.41. The average molecular weight is 385 g/mol. The average Bonchev–Trinajstić information content (AvgIpc) is 2.51. The maximum absolute atomic E-state index is 12.6. The largest absolute Gasteiger partial charge is 0.444 e. The predicted octanol–water partition coefficient (Wildman–Crippen LogP) is 4.05. The maximum Gasteiger partial charge on any atom is 0.411 e. The minimum atomic E-state index is -0.589. The molecule has 1 aliphatic heterocycles. The molecular formula is C18H25ClN2O3S. The van der Waals surface area contributed by atoms with E-state index in [2.05, 4.69) is 0 Å². The molecule has 0 saturated carbocycles. The van der Waals surface area contributed by atoms with Crippen LogP contribution in [0, 0.1) is 0 Å². The van der Waals surface area contributed by atoms with Crippen LogP contribution >= 0.6 is 23.4 Å². The Labute approximate surface area is 158 Å². The molecule has 25 heavy (non-hydrogen) atoms. The maximum atomic E-state index is 12.6. The van der Waals surface area contributed by atoms with Crippen LogP contribution in [-0.4, -0.2) is 53.6 Å². The molecule has 1 aliphatic rings. The van der Waals surface area contributed by atoms with Gasteiger partial charge in [-0.2, -0.15) is 11.8 Å². The lowest BCUT2D eigenvalue weighted by molar-refractivity contribution is -0.122. The highest BCUT2D eigenvalue weighted by Crippen LogP contribution is 2.26.